The molecule has 14 heavy (non-hydrogen) atoms. The normalized spacial score (nSPS) is 26.7. The van der Waals surface area contributed by atoms with E-state index in [-0.39, 0.29) is 6.42 Å². The van der Waals surface area contributed by atoms with Gasteiger partial charge in [0.05, 0.1) is 6.42 Å². The summed E-state index contributed by atoms with van der Waals surface area (Å²) >= 11 is 1.54. The zero-order valence-electron chi connectivity index (χ0n) is 7.99. The molecule has 1 saturated heterocycles. The highest BCUT2D eigenvalue weighted by Crippen LogP contribution is 2.38. The lowest BCUT2D eigenvalue weighted by molar-refractivity contribution is -0.153. The van der Waals surface area contributed by atoms with Crippen LogP contribution in [0.3, 0.4) is 0 Å². The Hall–Kier alpha value is -1.16. The number of carbonyl (C=O) groups excluding carboxylic acids is 2. The van der Waals surface area contributed by atoms with Gasteiger partial charge >= 0.3 is 11.9 Å². The van der Waals surface area contributed by atoms with Crippen LogP contribution in [0.5, 0.6) is 0 Å². The van der Waals surface area contributed by atoms with Crippen LogP contribution in [0, 0.1) is 6.92 Å². The van der Waals surface area contributed by atoms with Gasteiger partial charge in [-0.25, -0.2) is 0 Å². The van der Waals surface area contributed by atoms with Gasteiger partial charge < -0.3 is 4.74 Å². The lowest BCUT2D eigenvalue weighted by Gasteiger charge is -2.14. The van der Waals surface area contributed by atoms with Gasteiger partial charge in [-0.15, -0.1) is 11.3 Å². The highest BCUT2D eigenvalue weighted by Gasteiger charge is 2.47. The second kappa shape index (κ2) is 2.92. The van der Waals surface area contributed by atoms with Gasteiger partial charge in [-0.3, -0.25) is 9.59 Å². The van der Waals surface area contributed by atoms with E-state index >= 15 is 0 Å². The first-order chi connectivity index (χ1) is 6.52. The molecule has 1 aromatic rings. The number of cyclic esters (lactones) is 2. The summed E-state index contributed by atoms with van der Waals surface area (Å²) in [5.74, 6) is -0.854. The zero-order valence-corrected chi connectivity index (χ0v) is 8.81. The van der Waals surface area contributed by atoms with Gasteiger partial charge in [0.2, 0.25) is 0 Å². The van der Waals surface area contributed by atoms with Crippen LogP contribution in [0.2, 0.25) is 0 Å². The van der Waals surface area contributed by atoms with E-state index < -0.39 is 17.4 Å². The molecule has 4 heteroatoms. The van der Waals surface area contributed by atoms with E-state index in [1.807, 2.05) is 19.1 Å². The highest BCUT2D eigenvalue weighted by atomic mass is 32.1. The molecule has 0 amide bonds. The fraction of sp³-hybridized carbons (Fsp3) is 0.400. The molecule has 2 heterocycles. The van der Waals surface area contributed by atoms with Crippen molar-refractivity contribution in [3.8, 4) is 0 Å². The predicted octanol–water partition coefficient (Wildman–Crippen LogP) is 1.79. The average Bonchev–Trinajstić information content (AvgIpc) is 2.59. The molecule has 0 aliphatic carbocycles. The molecule has 1 aliphatic rings. The number of thiophene rings is 1. The molecule has 1 fully saturated rings. The molecule has 0 aromatic carbocycles. The summed E-state index contributed by atoms with van der Waals surface area (Å²) in [4.78, 5) is 24.5. The monoisotopic (exact) mass is 210 g/mol. The Morgan fingerprint density at radius 1 is 1.43 bits per heavy atom. The maximum atomic E-state index is 11.5. The molecule has 0 radical (unpaired) electrons. The molecule has 2 rings (SSSR count). The van der Waals surface area contributed by atoms with E-state index in [1.165, 1.54) is 11.3 Å². The molecule has 1 unspecified atom stereocenters. The number of carbonyl (C=O) groups is 2. The van der Waals surface area contributed by atoms with E-state index in [9.17, 15) is 9.59 Å². The maximum absolute atomic E-state index is 11.5. The van der Waals surface area contributed by atoms with Crippen LogP contribution in [-0.2, 0) is 19.7 Å². The smallest absolute Gasteiger partial charge is 0.325 e. The summed E-state index contributed by atoms with van der Waals surface area (Å²) in [6, 6.07) is 3.83. The van der Waals surface area contributed by atoms with Crippen LogP contribution in [-0.4, -0.2) is 11.9 Å². The largest absolute Gasteiger partial charge is 0.392 e. The minimum Gasteiger partial charge on any atom is -0.392 e. The number of rotatable bonds is 1. The molecule has 0 saturated carbocycles. The summed E-state index contributed by atoms with van der Waals surface area (Å²) in [5, 5.41) is 0. The number of aryl methyl sites for hydroxylation is 1. The van der Waals surface area contributed by atoms with Crippen LogP contribution >= 0.6 is 11.3 Å². The standard InChI is InChI=1S/C10H10O3S/c1-6-3-4-7(14-6)10(2)5-8(11)13-9(10)12/h3-4H,5H2,1-2H3. The van der Waals surface area contributed by atoms with Gasteiger partial charge in [-0.2, -0.15) is 0 Å². The van der Waals surface area contributed by atoms with Gasteiger partial charge in [0.1, 0.15) is 5.41 Å². The van der Waals surface area contributed by atoms with E-state index in [0.717, 1.165) is 9.75 Å². The Labute approximate surface area is 85.7 Å². The van der Waals surface area contributed by atoms with Crippen molar-refractivity contribution in [2.24, 2.45) is 0 Å². The predicted molar refractivity (Wildman–Crippen MR) is 52.1 cm³/mol. The second-order valence-corrected chi connectivity index (χ2v) is 4.97. The molecular weight excluding hydrogens is 200 g/mol. The molecule has 0 bridgehead atoms. The van der Waals surface area contributed by atoms with E-state index in [4.69, 9.17) is 0 Å². The minimum absolute atomic E-state index is 0.159. The number of ether oxygens (including phenoxy) is 1. The summed E-state index contributed by atoms with van der Waals surface area (Å²) in [7, 11) is 0. The molecule has 1 aliphatic heterocycles. The SMILES string of the molecule is Cc1ccc(C2(C)CC(=O)OC2=O)s1. The summed E-state index contributed by atoms with van der Waals surface area (Å²) in [5.41, 5.74) is -0.754. The van der Waals surface area contributed by atoms with Crippen molar-refractivity contribution >= 4 is 23.3 Å². The van der Waals surface area contributed by atoms with Gasteiger partial charge in [-0.05, 0) is 26.0 Å². The molecular formula is C10H10O3S. The third-order valence-corrected chi connectivity index (χ3v) is 3.70. The third kappa shape index (κ3) is 1.26. The topological polar surface area (TPSA) is 43.4 Å². The van der Waals surface area contributed by atoms with Crippen LogP contribution in [0.15, 0.2) is 12.1 Å². The molecule has 0 spiro atoms. The second-order valence-electron chi connectivity index (χ2n) is 3.68. The minimum atomic E-state index is -0.754. The lowest BCUT2D eigenvalue weighted by atomic mass is 9.87. The van der Waals surface area contributed by atoms with Crippen LogP contribution < -0.4 is 0 Å². The van der Waals surface area contributed by atoms with Gasteiger partial charge in [0, 0.05) is 9.75 Å². The first kappa shape index (κ1) is 9.40. The average molecular weight is 210 g/mol. The summed E-state index contributed by atoms with van der Waals surface area (Å²) in [6.07, 6.45) is 0.159. The maximum Gasteiger partial charge on any atom is 0.325 e. The lowest BCUT2D eigenvalue weighted by Crippen LogP contribution is -2.26. The van der Waals surface area contributed by atoms with Crippen LogP contribution in [0.25, 0.3) is 0 Å². The van der Waals surface area contributed by atoms with Gasteiger partial charge in [0.15, 0.2) is 0 Å². The number of hydrogen-bond acceptors (Lipinski definition) is 4. The fourth-order valence-electron chi connectivity index (χ4n) is 1.53. The molecule has 0 N–H and O–H groups in total. The van der Waals surface area contributed by atoms with Crippen molar-refractivity contribution in [3.05, 3.63) is 21.9 Å². The first-order valence-corrected chi connectivity index (χ1v) is 5.16. The van der Waals surface area contributed by atoms with Crippen molar-refractivity contribution in [2.75, 3.05) is 0 Å². The molecule has 1 atom stereocenters. The van der Waals surface area contributed by atoms with Crippen molar-refractivity contribution < 1.29 is 14.3 Å². The van der Waals surface area contributed by atoms with E-state index in [2.05, 4.69) is 4.74 Å². The van der Waals surface area contributed by atoms with Crippen molar-refractivity contribution in [2.45, 2.75) is 25.7 Å². The quantitative estimate of drug-likeness (QED) is 0.524. The fourth-order valence-corrected chi connectivity index (χ4v) is 2.53. The van der Waals surface area contributed by atoms with Crippen LogP contribution in [0.4, 0.5) is 0 Å². The number of esters is 2. The van der Waals surface area contributed by atoms with Crippen LogP contribution in [0.1, 0.15) is 23.1 Å². The van der Waals surface area contributed by atoms with E-state index in [1.54, 1.807) is 6.92 Å². The summed E-state index contributed by atoms with van der Waals surface area (Å²) in [6.45, 7) is 3.73. The first-order valence-electron chi connectivity index (χ1n) is 4.34. The highest BCUT2D eigenvalue weighted by molar-refractivity contribution is 7.12. The molecule has 1 aromatic heterocycles. The summed E-state index contributed by atoms with van der Waals surface area (Å²) < 4.78 is 4.57. The Balaban J connectivity index is 2.42. The zero-order chi connectivity index (χ0) is 10.3. The molecule has 3 nitrogen and oxygen atoms in total. The van der Waals surface area contributed by atoms with Crippen molar-refractivity contribution in [3.63, 3.8) is 0 Å². The Morgan fingerprint density at radius 2 is 2.14 bits per heavy atom. The third-order valence-electron chi connectivity index (χ3n) is 2.44. The number of hydrogen-bond donors (Lipinski definition) is 0. The van der Waals surface area contributed by atoms with Crippen molar-refractivity contribution in [1.29, 1.82) is 0 Å². The van der Waals surface area contributed by atoms with Crippen molar-refractivity contribution in [1.82, 2.24) is 0 Å². The Morgan fingerprint density at radius 3 is 2.57 bits per heavy atom. The van der Waals surface area contributed by atoms with Gasteiger partial charge in [0.25, 0.3) is 0 Å². The molecule has 74 valence electrons. The van der Waals surface area contributed by atoms with E-state index in [0.29, 0.717) is 0 Å². The van der Waals surface area contributed by atoms with Gasteiger partial charge in [-0.1, -0.05) is 0 Å². The Kier molecular flexibility index (Phi) is 1.96. The Bertz CT molecular complexity index is 407.